The van der Waals surface area contributed by atoms with Gasteiger partial charge in [-0.25, -0.2) is 0 Å². The molecular weight excluding hydrogens is 428 g/mol. The van der Waals surface area contributed by atoms with Gasteiger partial charge in [-0.2, -0.15) is 0 Å². The van der Waals surface area contributed by atoms with Gasteiger partial charge in [0.25, 0.3) is 0 Å². The molecule has 2 aromatic rings. The third-order valence-corrected chi connectivity index (χ3v) is 7.93. The Labute approximate surface area is 198 Å². The van der Waals surface area contributed by atoms with E-state index >= 15 is 0 Å². The first-order valence-electron chi connectivity index (χ1n) is 12.1. The molecule has 0 radical (unpaired) electrons. The van der Waals surface area contributed by atoms with Crippen molar-refractivity contribution in [3.05, 3.63) is 88.9 Å². The van der Waals surface area contributed by atoms with Crippen LogP contribution >= 0.6 is 0 Å². The highest BCUT2D eigenvalue weighted by atomic mass is 16.3. The maximum absolute atomic E-state index is 14.1. The molecule has 2 N–H and O–H groups in total. The van der Waals surface area contributed by atoms with Crippen molar-refractivity contribution in [2.45, 2.75) is 36.7 Å². The molecule has 0 amide bonds. The zero-order chi connectivity index (χ0) is 23.5. The van der Waals surface area contributed by atoms with Gasteiger partial charge in [-0.05, 0) is 36.8 Å². The summed E-state index contributed by atoms with van der Waals surface area (Å²) in [6, 6.07) is 18.4. The molecule has 0 aromatic heterocycles. The molecule has 0 bridgehead atoms. The van der Waals surface area contributed by atoms with Crippen LogP contribution in [0.15, 0.2) is 77.8 Å². The van der Waals surface area contributed by atoms with Gasteiger partial charge in [0.2, 0.25) is 11.6 Å². The van der Waals surface area contributed by atoms with Crippen molar-refractivity contribution in [3.8, 4) is 0 Å². The SMILES string of the molecule is O=C1C(c2ccccc2)=C(N2CCCC2)C1(O)C1(c2ccccc2)C(=O)C(O)=C1N1CCCC1. The number of hydrogen-bond acceptors (Lipinski definition) is 6. The van der Waals surface area contributed by atoms with Gasteiger partial charge in [0.05, 0.1) is 17.0 Å². The molecule has 2 unspecified atom stereocenters. The second kappa shape index (κ2) is 7.57. The lowest BCUT2D eigenvalue weighted by Crippen LogP contribution is -2.75. The number of Topliss-reactive ketones (excluding diaryl/α,β-unsaturated/α-hetero) is 2. The van der Waals surface area contributed by atoms with Crippen LogP contribution < -0.4 is 0 Å². The van der Waals surface area contributed by atoms with Crippen molar-refractivity contribution < 1.29 is 19.8 Å². The molecule has 6 nitrogen and oxygen atoms in total. The minimum atomic E-state index is -2.08. The van der Waals surface area contributed by atoms with E-state index in [4.69, 9.17) is 0 Å². The Morgan fingerprint density at radius 1 is 0.676 bits per heavy atom. The topological polar surface area (TPSA) is 81.1 Å². The molecule has 0 saturated carbocycles. The molecule has 6 rings (SSSR count). The normalized spacial score (nSPS) is 29.1. The average molecular weight is 457 g/mol. The maximum Gasteiger partial charge on any atom is 0.219 e. The third kappa shape index (κ3) is 2.49. The molecule has 4 aliphatic rings. The predicted octanol–water partition coefficient (Wildman–Crippen LogP) is 3.19. The van der Waals surface area contributed by atoms with E-state index in [2.05, 4.69) is 4.90 Å². The van der Waals surface area contributed by atoms with Crippen LogP contribution in [0.5, 0.6) is 0 Å². The molecule has 2 atom stereocenters. The first-order chi connectivity index (χ1) is 16.5. The van der Waals surface area contributed by atoms with E-state index in [0.717, 1.165) is 44.3 Å². The van der Waals surface area contributed by atoms with E-state index in [1.165, 1.54) is 0 Å². The van der Waals surface area contributed by atoms with Crippen molar-refractivity contribution in [1.29, 1.82) is 0 Å². The molecular formula is C28H28N2O4. The largest absolute Gasteiger partial charge is 0.503 e. The summed E-state index contributed by atoms with van der Waals surface area (Å²) in [7, 11) is 0. The summed E-state index contributed by atoms with van der Waals surface area (Å²) in [6.45, 7) is 2.80. The summed E-state index contributed by atoms with van der Waals surface area (Å²) in [5, 5.41) is 23.4. The molecule has 34 heavy (non-hydrogen) atoms. The molecule has 2 heterocycles. The van der Waals surface area contributed by atoms with Gasteiger partial charge in [0.15, 0.2) is 11.4 Å². The number of carbonyl (C=O) groups is 2. The van der Waals surface area contributed by atoms with Crippen LogP contribution in [0.2, 0.25) is 0 Å². The average Bonchev–Trinajstić information content (AvgIpc) is 3.60. The Morgan fingerprint density at radius 3 is 1.74 bits per heavy atom. The van der Waals surface area contributed by atoms with E-state index in [9.17, 15) is 19.8 Å². The van der Waals surface area contributed by atoms with Crippen molar-refractivity contribution in [3.63, 3.8) is 0 Å². The number of likely N-dealkylation sites (tertiary alicyclic amines) is 2. The Hall–Kier alpha value is -3.38. The lowest BCUT2D eigenvalue weighted by atomic mass is 9.48. The van der Waals surface area contributed by atoms with Crippen LogP contribution in [-0.2, 0) is 15.0 Å². The summed E-state index contributed by atoms with van der Waals surface area (Å²) in [6.07, 6.45) is 3.79. The number of nitrogens with zero attached hydrogens (tertiary/aromatic N) is 2. The van der Waals surface area contributed by atoms with Crippen LogP contribution in [0, 0.1) is 0 Å². The Bertz CT molecular complexity index is 1220. The Kier molecular flexibility index (Phi) is 4.71. The summed E-state index contributed by atoms with van der Waals surface area (Å²) >= 11 is 0. The van der Waals surface area contributed by atoms with Crippen molar-refractivity contribution in [1.82, 2.24) is 9.80 Å². The van der Waals surface area contributed by atoms with E-state index in [1.807, 2.05) is 53.4 Å². The standard InChI is InChI=1S/C28H28N2O4/c31-22-24(30-17-9-10-18-30)27(26(22)33,20-13-5-2-6-14-20)28(34)23(29-15-7-8-16-29)21(25(28)32)19-11-3-1-4-12-19/h1-6,11-14,31,34H,7-10,15-18H2. The fraction of sp³-hybridized carbons (Fsp3) is 0.357. The van der Waals surface area contributed by atoms with Gasteiger partial charge < -0.3 is 20.0 Å². The summed E-state index contributed by atoms with van der Waals surface area (Å²) in [5.41, 5.74) is -1.07. The van der Waals surface area contributed by atoms with E-state index in [1.54, 1.807) is 12.1 Å². The molecule has 2 saturated heterocycles. The number of aliphatic hydroxyl groups excluding tert-OH is 1. The van der Waals surface area contributed by atoms with Gasteiger partial charge in [0, 0.05) is 26.2 Å². The molecule has 174 valence electrons. The monoisotopic (exact) mass is 456 g/mol. The number of benzene rings is 2. The zero-order valence-electron chi connectivity index (χ0n) is 19.0. The van der Waals surface area contributed by atoms with Crippen LogP contribution in [0.4, 0.5) is 0 Å². The smallest absolute Gasteiger partial charge is 0.219 e. The fourth-order valence-electron chi connectivity index (χ4n) is 6.40. The highest BCUT2D eigenvalue weighted by Gasteiger charge is 2.77. The molecule has 2 aliphatic heterocycles. The number of hydrogen-bond donors (Lipinski definition) is 2. The van der Waals surface area contributed by atoms with Crippen LogP contribution in [0.1, 0.15) is 36.8 Å². The Balaban J connectivity index is 1.63. The number of carbonyl (C=O) groups excluding carboxylic acids is 2. The summed E-state index contributed by atoms with van der Waals surface area (Å²) in [4.78, 5) is 31.9. The van der Waals surface area contributed by atoms with Gasteiger partial charge in [0.1, 0.15) is 5.41 Å². The second-order valence-corrected chi connectivity index (χ2v) is 9.66. The number of aliphatic hydroxyl groups is 2. The highest BCUT2D eigenvalue weighted by molar-refractivity contribution is 6.38. The second-order valence-electron chi connectivity index (χ2n) is 9.66. The summed E-state index contributed by atoms with van der Waals surface area (Å²) in [5.74, 6) is -1.37. The van der Waals surface area contributed by atoms with Gasteiger partial charge in [-0.3, -0.25) is 9.59 Å². The maximum atomic E-state index is 14.1. The molecule has 6 heteroatoms. The number of rotatable bonds is 5. The zero-order valence-corrected chi connectivity index (χ0v) is 19.0. The third-order valence-electron chi connectivity index (χ3n) is 7.93. The van der Waals surface area contributed by atoms with Crippen molar-refractivity contribution in [2.75, 3.05) is 26.2 Å². The van der Waals surface area contributed by atoms with E-state index in [0.29, 0.717) is 35.6 Å². The van der Waals surface area contributed by atoms with Crippen molar-refractivity contribution >= 4 is 17.1 Å². The van der Waals surface area contributed by atoms with E-state index < -0.39 is 22.6 Å². The first kappa shape index (κ1) is 21.2. The lowest BCUT2D eigenvalue weighted by Gasteiger charge is -2.59. The molecule has 2 aromatic carbocycles. The number of allylic oxidation sites excluding steroid dienone is 1. The minimum absolute atomic E-state index is 0.332. The highest BCUT2D eigenvalue weighted by Crippen LogP contribution is 2.62. The van der Waals surface area contributed by atoms with Gasteiger partial charge >= 0.3 is 0 Å². The number of ketones is 2. The van der Waals surface area contributed by atoms with E-state index in [-0.39, 0.29) is 5.76 Å². The first-order valence-corrected chi connectivity index (χ1v) is 12.1. The lowest BCUT2D eigenvalue weighted by molar-refractivity contribution is -0.153. The Morgan fingerprint density at radius 2 is 1.18 bits per heavy atom. The van der Waals surface area contributed by atoms with Crippen molar-refractivity contribution in [2.24, 2.45) is 0 Å². The predicted molar refractivity (Wildman–Crippen MR) is 128 cm³/mol. The molecule has 0 spiro atoms. The van der Waals surface area contributed by atoms with Crippen LogP contribution in [-0.4, -0.2) is 63.4 Å². The fourth-order valence-corrected chi connectivity index (χ4v) is 6.40. The van der Waals surface area contributed by atoms with Crippen LogP contribution in [0.3, 0.4) is 0 Å². The molecule has 2 fully saturated rings. The van der Waals surface area contributed by atoms with Gasteiger partial charge in [-0.1, -0.05) is 60.7 Å². The quantitative estimate of drug-likeness (QED) is 0.719. The molecule has 2 aliphatic carbocycles. The summed E-state index contributed by atoms with van der Waals surface area (Å²) < 4.78 is 0. The minimum Gasteiger partial charge on any atom is -0.503 e. The van der Waals surface area contributed by atoms with Crippen LogP contribution in [0.25, 0.3) is 5.57 Å². The van der Waals surface area contributed by atoms with Gasteiger partial charge in [-0.15, -0.1) is 0 Å².